The third kappa shape index (κ3) is 3.55. The van der Waals surface area contributed by atoms with Crippen LogP contribution >= 0.6 is 0 Å². The van der Waals surface area contributed by atoms with Crippen molar-refractivity contribution >= 4 is 5.97 Å². The van der Waals surface area contributed by atoms with Crippen molar-refractivity contribution in [1.29, 1.82) is 0 Å². The Balaban J connectivity index is 2.04. The fourth-order valence-electron chi connectivity index (χ4n) is 2.69. The first-order chi connectivity index (χ1) is 9.08. The smallest absolute Gasteiger partial charge is 0.312 e. The van der Waals surface area contributed by atoms with Crippen molar-refractivity contribution in [1.82, 2.24) is 4.90 Å². The van der Waals surface area contributed by atoms with Gasteiger partial charge in [-0.3, -0.25) is 4.79 Å². The number of rotatable bonds is 4. The number of hydrogen-bond acceptors (Lipinski definition) is 3. The van der Waals surface area contributed by atoms with Crippen LogP contribution in [0.1, 0.15) is 24.8 Å². The fourth-order valence-corrected chi connectivity index (χ4v) is 2.69. The number of carboxylic acids is 1. The molecule has 19 heavy (non-hydrogen) atoms. The number of hydrogen-bond donors (Lipinski definition) is 2. The van der Waals surface area contributed by atoms with Crippen molar-refractivity contribution in [2.75, 3.05) is 19.6 Å². The summed E-state index contributed by atoms with van der Waals surface area (Å²) in [5, 5.41) is 9.42. The van der Waals surface area contributed by atoms with Gasteiger partial charge in [-0.25, -0.2) is 0 Å². The number of nitrogens with two attached hydrogens (primary N) is 1. The van der Waals surface area contributed by atoms with Gasteiger partial charge in [0.15, 0.2) is 0 Å². The second-order valence-corrected chi connectivity index (χ2v) is 5.49. The molecule has 2 rings (SSSR count). The molecule has 0 aromatic heterocycles. The normalized spacial score (nSPS) is 26.0. The average molecular weight is 262 g/mol. The Bertz CT molecular complexity index is 421. The molecule has 1 aromatic rings. The summed E-state index contributed by atoms with van der Waals surface area (Å²) in [6.45, 7) is 4.48. The van der Waals surface area contributed by atoms with Gasteiger partial charge in [0.2, 0.25) is 0 Å². The summed E-state index contributed by atoms with van der Waals surface area (Å²) >= 11 is 0. The standard InChI is InChI=1S/C15H22N2O2/c1-11-9-17(8-7-14(11)16)10-13(15(18)19)12-5-3-2-4-6-12/h2-6,11,13-14H,7-10,16H2,1H3,(H,18,19). The lowest BCUT2D eigenvalue weighted by molar-refractivity contribution is -0.139. The maximum Gasteiger partial charge on any atom is 0.312 e. The largest absolute Gasteiger partial charge is 0.481 e. The number of carbonyl (C=O) groups is 1. The molecule has 1 saturated heterocycles. The third-order valence-electron chi connectivity index (χ3n) is 4.00. The van der Waals surface area contributed by atoms with Crippen LogP contribution in [0.25, 0.3) is 0 Å². The SMILES string of the molecule is CC1CN(CC(C(=O)O)c2ccccc2)CCC1N. The van der Waals surface area contributed by atoms with Gasteiger partial charge in [-0.2, -0.15) is 0 Å². The van der Waals surface area contributed by atoms with E-state index in [9.17, 15) is 9.90 Å². The van der Waals surface area contributed by atoms with E-state index in [2.05, 4.69) is 11.8 Å². The molecule has 3 unspecified atom stereocenters. The minimum Gasteiger partial charge on any atom is -0.481 e. The van der Waals surface area contributed by atoms with Gasteiger partial charge < -0.3 is 15.7 Å². The summed E-state index contributed by atoms with van der Waals surface area (Å²) in [5.41, 5.74) is 6.87. The first kappa shape index (κ1) is 14.0. The zero-order chi connectivity index (χ0) is 13.8. The minimum absolute atomic E-state index is 0.247. The molecule has 4 nitrogen and oxygen atoms in total. The Morgan fingerprint density at radius 2 is 2.16 bits per heavy atom. The summed E-state index contributed by atoms with van der Waals surface area (Å²) in [7, 11) is 0. The van der Waals surface area contributed by atoms with Crippen LogP contribution in [0.4, 0.5) is 0 Å². The number of likely N-dealkylation sites (tertiary alicyclic amines) is 1. The fraction of sp³-hybridized carbons (Fsp3) is 0.533. The summed E-state index contributed by atoms with van der Waals surface area (Å²) in [6.07, 6.45) is 0.947. The summed E-state index contributed by atoms with van der Waals surface area (Å²) in [6, 6.07) is 9.71. The van der Waals surface area contributed by atoms with Gasteiger partial charge in [0.1, 0.15) is 0 Å². The summed E-state index contributed by atoms with van der Waals surface area (Å²) in [4.78, 5) is 13.7. The molecule has 1 aliphatic heterocycles. The predicted molar refractivity (Wildman–Crippen MR) is 75.0 cm³/mol. The maximum atomic E-state index is 11.5. The van der Waals surface area contributed by atoms with Crippen LogP contribution in [-0.4, -0.2) is 41.7 Å². The Morgan fingerprint density at radius 1 is 1.47 bits per heavy atom. The van der Waals surface area contributed by atoms with Gasteiger partial charge in [-0.15, -0.1) is 0 Å². The lowest BCUT2D eigenvalue weighted by Crippen LogP contribution is -2.47. The van der Waals surface area contributed by atoms with Crippen molar-refractivity contribution in [3.05, 3.63) is 35.9 Å². The van der Waals surface area contributed by atoms with Crippen LogP contribution in [0.3, 0.4) is 0 Å². The number of piperidine rings is 1. The van der Waals surface area contributed by atoms with Crippen LogP contribution in [0.5, 0.6) is 0 Å². The van der Waals surface area contributed by atoms with Crippen molar-refractivity contribution in [2.45, 2.75) is 25.3 Å². The van der Waals surface area contributed by atoms with E-state index in [1.165, 1.54) is 0 Å². The van der Waals surface area contributed by atoms with E-state index in [-0.39, 0.29) is 6.04 Å². The topological polar surface area (TPSA) is 66.6 Å². The monoisotopic (exact) mass is 262 g/mol. The molecule has 3 atom stereocenters. The van der Waals surface area contributed by atoms with Gasteiger partial charge >= 0.3 is 5.97 Å². The maximum absolute atomic E-state index is 11.5. The number of nitrogens with zero attached hydrogens (tertiary/aromatic N) is 1. The molecule has 1 heterocycles. The van der Waals surface area contributed by atoms with Gasteiger partial charge in [0, 0.05) is 19.1 Å². The highest BCUT2D eigenvalue weighted by atomic mass is 16.4. The number of carboxylic acid groups (broad SMARTS) is 1. The van der Waals surface area contributed by atoms with Crippen molar-refractivity contribution in [2.24, 2.45) is 11.7 Å². The van der Waals surface area contributed by atoms with Crippen molar-refractivity contribution < 1.29 is 9.90 Å². The molecule has 0 bridgehead atoms. The van der Waals surface area contributed by atoms with E-state index in [1.54, 1.807) is 0 Å². The molecule has 0 radical (unpaired) electrons. The van der Waals surface area contributed by atoms with Gasteiger partial charge in [-0.05, 0) is 24.4 Å². The first-order valence-electron chi connectivity index (χ1n) is 6.83. The molecule has 0 saturated carbocycles. The Hall–Kier alpha value is -1.39. The van der Waals surface area contributed by atoms with Crippen molar-refractivity contribution in [3.63, 3.8) is 0 Å². The van der Waals surface area contributed by atoms with E-state index in [4.69, 9.17) is 5.73 Å². The van der Waals surface area contributed by atoms with Gasteiger partial charge in [-0.1, -0.05) is 37.3 Å². The molecule has 0 spiro atoms. The Kier molecular flexibility index (Phi) is 4.56. The van der Waals surface area contributed by atoms with Crippen LogP contribution in [0.2, 0.25) is 0 Å². The molecule has 1 aliphatic rings. The van der Waals surface area contributed by atoms with Gasteiger partial charge in [0.25, 0.3) is 0 Å². The van der Waals surface area contributed by atoms with Crippen LogP contribution < -0.4 is 5.73 Å². The molecule has 3 N–H and O–H groups in total. The number of benzene rings is 1. The highest BCUT2D eigenvalue weighted by Crippen LogP contribution is 2.21. The van der Waals surface area contributed by atoms with Crippen LogP contribution in [-0.2, 0) is 4.79 Å². The average Bonchev–Trinajstić information content (AvgIpc) is 2.40. The second-order valence-electron chi connectivity index (χ2n) is 5.49. The molecular formula is C15H22N2O2. The lowest BCUT2D eigenvalue weighted by atomic mass is 9.92. The highest BCUT2D eigenvalue weighted by molar-refractivity contribution is 5.76. The molecule has 1 aromatic carbocycles. The molecule has 0 amide bonds. The number of aliphatic carboxylic acids is 1. The third-order valence-corrected chi connectivity index (χ3v) is 4.00. The van der Waals surface area contributed by atoms with Crippen LogP contribution in [0, 0.1) is 5.92 Å². The quantitative estimate of drug-likeness (QED) is 0.863. The zero-order valence-electron chi connectivity index (χ0n) is 11.3. The second kappa shape index (κ2) is 6.17. The zero-order valence-corrected chi connectivity index (χ0v) is 11.3. The Labute approximate surface area is 114 Å². The minimum atomic E-state index is -0.756. The predicted octanol–water partition coefficient (Wildman–Crippen LogP) is 1.52. The molecule has 1 fully saturated rings. The van der Waals surface area contributed by atoms with E-state index >= 15 is 0 Å². The van der Waals surface area contributed by atoms with E-state index in [1.807, 2.05) is 30.3 Å². The van der Waals surface area contributed by atoms with Gasteiger partial charge in [0.05, 0.1) is 5.92 Å². The van der Waals surface area contributed by atoms with E-state index in [0.29, 0.717) is 12.5 Å². The van der Waals surface area contributed by atoms with Crippen molar-refractivity contribution in [3.8, 4) is 0 Å². The summed E-state index contributed by atoms with van der Waals surface area (Å²) < 4.78 is 0. The highest BCUT2D eigenvalue weighted by Gasteiger charge is 2.28. The lowest BCUT2D eigenvalue weighted by Gasteiger charge is -2.36. The molecule has 104 valence electrons. The summed E-state index contributed by atoms with van der Waals surface area (Å²) in [5.74, 6) is -0.782. The Morgan fingerprint density at radius 3 is 2.74 bits per heavy atom. The van der Waals surface area contributed by atoms with E-state index < -0.39 is 11.9 Å². The molecule has 0 aliphatic carbocycles. The molecular weight excluding hydrogens is 240 g/mol. The first-order valence-corrected chi connectivity index (χ1v) is 6.83. The van der Waals surface area contributed by atoms with E-state index in [0.717, 1.165) is 25.1 Å². The van der Waals surface area contributed by atoms with Crippen LogP contribution in [0.15, 0.2) is 30.3 Å². The molecule has 4 heteroatoms.